The Morgan fingerprint density at radius 3 is 2.81 bits per heavy atom. The summed E-state index contributed by atoms with van der Waals surface area (Å²) in [5.74, 6) is -0.781. The van der Waals surface area contributed by atoms with Gasteiger partial charge in [-0.25, -0.2) is 4.39 Å². The van der Waals surface area contributed by atoms with Crippen LogP contribution >= 0.6 is 11.6 Å². The van der Waals surface area contributed by atoms with Gasteiger partial charge >= 0.3 is 0 Å². The molecule has 3 heterocycles. The van der Waals surface area contributed by atoms with Crippen LogP contribution in [0, 0.1) is 11.7 Å². The van der Waals surface area contributed by atoms with E-state index in [0.717, 1.165) is 12.8 Å². The Morgan fingerprint density at radius 2 is 2.06 bits per heavy atom. The van der Waals surface area contributed by atoms with Gasteiger partial charge in [-0.3, -0.25) is 14.6 Å². The van der Waals surface area contributed by atoms with Crippen LogP contribution in [0.5, 0.6) is 0 Å². The minimum absolute atomic E-state index is 0.00289. The molecule has 164 valence electrons. The first-order valence-corrected chi connectivity index (χ1v) is 10.9. The molecule has 1 atom stereocenters. The van der Waals surface area contributed by atoms with Crippen molar-refractivity contribution in [2.24, 2.45) is 5.92 Å². The van der Waals surface area contributed by atoms with Crippen LogP contribution in [-0.4, -0.2) is 53.5 Å². The number of piperidine rings is 1. The van der Waals surface area contributed by atoms with E-state index in [0.29, 0.717) is 55.7 Å². The van der Waals surface area contributed by atoms with Gasteiger partial charge in [0.1, 0.15) is 11.5 Å². The van der Waals surface area contributed by atoms with Crippen molar-refractivity contribution in [1.82, 2.24) is 15.2 Å². The van der Waals surface area contributed by atoms with Gasteiger partial charge in [-0.1, -0.05) is 17.7 Å². The zero-order valence-corrected chi connectivity index (χ0v) is 17.9. The van der Waals surface area contributed by atoms with Gasteiger partial charge in [0.15, 0.2) is 0 Å². The summed E-state index contributed by atoms with van der Waals surface area (Å²) < 4.78 is 20.2. The highest BCUT2D eigenvalue weighted by Crippen LogP contribution is 2.38. The van der Waals surface area contributed by atoms with Gasteiger partial charge in [0.2, 0.25) is 0 Å². The zero-order chi connectivity index (χ0) is 21.8. The fourth-order valence-corrected chi connectivity index (χ4v) is 4.60. The topological polar surface area (TPSA) is 71.5 Å². The molecule has 2 fully saturated rings. The van der Waals surface area contributed by atoms with Gasteiger partial charge < -0.3 is 15.0 Å². The largest absolute Gasteiger partial charge is 0.375 e. The SMILES string of the molecule is O=C(NCC1CCOC2(CCN(C(=O)c3cc(Cl)ccc3F)CC2)C1)c1ccccn1. The van der Waals surface area contributed by atoms with Crippen LogP contribution in [-0.2, 0) is 4.74 Å². The third-order valence-corrected chi connectivity index (χ3v) is 6.40. The van der Waals surface area contributed by atoms with E-state index in [1.165, 1.54) is 18.2 Å². The molecule has 8 heteroatoms. The number of likely N-dealkylation sites (tertiary alicyclic amines) is 1. The van der Waals surface area contributed by atoms with Gasteiger partial charge in [0, 0.05) is 37.5 Å². The van der Waals surface area contributed by atoms with Crippen LogP contribution in [0.25, 0.3) is 0 Å². The van der Waals surface area contributed by atoms with E-state index >= 15 is 0 Å². The van der Waals surface area contributed by atoms with Crippen molar-refractivity contribution >= 4 is 23.4 Å². The first-order valence-electron chi connectivity index (χ1n) is 10.5. The van der Waals surface area contributed by atoms with Gasteiger partial charge in [0.05, 0.1) is 11.2 Å². The van der Waals surface area contributed by atoms with Crippen molar-refractivity contribution in [3.05, 3.63) is 64.7 Å². The highest BCUT2D eigenvalue weighted by molar-refractivity contribution is 6.31. The standard InChI is InChI=1S/C23H25ClFN3O3/c24-17-4-5-19(25)18(13-17)22(30)28-10-7-23(8-11-28)14-16(6-12-31-23)15-27-21(29)20-3-1-2-9-26-20/h1-5,9,13,16H,6-8,10-12,14-15H2,(H,27,29). The lowest BCUT2D eigenvalue weighted by atomic mass is 9.79. The molecule has 2 amide bonds. The van der Waals surface area contributed by atoms with Crippen LogP contribution < -0.4 is 5.32 Å². The minimum Gasteiger partial charge on any atom is -0.375 e. The summed E-state index contributed by atoms with van der Waals surface area (Å²) in [5.41, 5.74) is 0.106. The van der Waals surface area contributed by atoms with Crippen molar-refractivity contribution in [3.63, 3.8) is 0 Å². The lowest BCUT2D eigenvalue weighted by Gasteiger charge is -2.46. The zero-order valence-electron chi connectivity index (χ0n) is 17.2. The number of nitrogens with zero attached hydrogens (tertiary/aromatic N) is 2. The Hall–Kier alpha value is -2.51. The van der Waals surface area contributed by atoms with Crippen LogP contribution in [0.15, 0.2) is 42.6 Å². The second kappa shape index (κ2) is 9.32. The van der Waals surface area contributed by atoms with Crippen LogP contribution in [0.1, 0.15) is 46.5 Å². The van der Waals surface area contributed by atoms with Gasteiger partial charge in [0.25, 0.3) is 11.8 Å². The molecule has 6 nitrogen and oxygen atoms in total. The number of hydrogen-bond donors (Lipinski definition) is 1. The quantitative estimate of drug-likeness (QED) is 0.778. The Balaban J connectivity index is 1.32. The normalized spacial score (nSPS) is 20.5. The molecule has 2 aliphatic heterocycles. The minimum atomic E-state index is -0.563. The number of nitrogens with one attached hydrogen (secondary N) is 1. The van der Waals surface area contributed by atoms with E-state index in [4.69, 9.17) is 16.3 Å². The van der Waals surface area contributed by atoms with Crippen molar-refractivity contribution in [2.45, 2.75) is 31.3 Å². The number of aromatic nitrogens is 1. The predicted molar refractivity (Wildman–Crippen MR) is 115 cm³/mol. The lowest BCUT2D eigenvalue weighted by Crippen LogP contribution is -2.51. The average Bonchev–Trinajstić information content (AvgIpc) is 2.80. The molecule has 0 bridgehead atoms. The molecule has 4 rings (SSSR count). The van der Waals surface area contributed by atoms with Crippen molar-refractivity contribution in [1.29, 1.82) is 0 Å². The molecule has 31 heavy (non-hydrogen) atoms. The second-order valence-corrected chi connectivity index (χ2v) is 8.67. The Kier molecular flexibility index (Phi) is 6.53. The number of carbonyl (C=O) groups excluding carboxylic acids is 2. The van der Waals surface area contributed by atoms with Crippen molar-refractivity contribution in [3.8, 4) is 0 Å². The maximum absolute atomic E-state index is 14.1. The Morgan fingerprint density at radius 1 is 1.26 bits per heavy atom. The molecule has 2 aromatic rings. The molecule has 2 saturated heterocycles. The number of hydrogen-bond acceptors (Lipinski definition) is 4. The number of rotatable bonds is 4. The average molecular weight is 446 g/mol. The van der Waals surface area contributed by atoms with Crippen molar-refractivity contribution < 1.29 is 18.7 Å². The summed E-state index contributed by atoms with van der Waals surface area (Å²) in [6, 6.07) is 9.28. The van der Waals surface area contributed by atoms with E-state index < -0.39 is 5.82 Å². The van der Waals surface area contributed by atoms with E-state index in [-0.39, 0.29) is 23.0 Å². The highest BCUT2D eigenvalue weighted by Gasteiger charge is 2.41. The van der Waals surface area contributed by atoms with E-state index in [9.17, 15) is 14.0 Å². The van der Waals surface area contributed by atoms with Crippen LogP contribution in [0.4, 0.5) is 4.39 Å². The predicted octanol–water partition coefficient (Wildman–Crippen LogP) is 3.71. The molecular formula is C23H25ClFN3O3. The van der Waals surface area contributed by atoms with E-state index in [1.54, 1.807) is 29.3 Å². The summed E-state index contributed by atoms with van der Waals surface area (Å²) in [7, 11) is 0. The second-order valence-electron chi connectivity index (χ2n) is 8.23. The highest BCUT2D eigenvalue weighted by atomic mass is 35.5. The number of benzene rings is 1. The number of carbonyl (C=O) groups is 2. The maximum atomic E-state index is 14.1. The molecule has 1 unspecified atom stereocenters. The van der Waals surface area contributed by atoms with Crippen LogP contribution in [0.3, 0.4) is 0 Å². The third-order valence-electron chi connectivity index (χ3n) is 6.16. The summed E-state index contributed by atoms with van der Waals surface area (Å²) >= 11 is 5.93. The molecule has 0 radical (unpaired) electrons. The molecule has 1 spiro atoms. The summed E-state index contributed by atoms with van der Waals surface area (Å²) in [4.78, 5) is 30.8. The molecule has 1 aromatic carbocycles. The molecule has 2 aliphatic rings. The fourth-order valence-electron chi connectivity index (χ4n) is 4.43. The first kappa shape index (κ1) is 21.7. The summed E-state index contributed by atoms with van der Waals surface area (Å²) in [5, 5.41) is 3.31. The maximum Gasteiger partial charge on any atom is 0.269 e. The smallest absolute Gasteiger partial charge is 0.269 e. The summed E-state index contributed by atoms with van der Waals surface area (Å²) in [6.07, 6.45) is 4.67. The van der Waals surface area contributed by atoms with Gasteiger partial charge in [-0.15, -0.1) is 0 Å². The third kappa shape index (κ3) is 5.05. The lowest BCUT2D eigenvalue weighted by molar-refractivity contribution is -0.122. The molecule has 0 saturated carbocycles. The number of halogens is 2. The van der Waals surface area contributed by atoms with Gasteiger partial charge in [-0.2, -0.15) is 0 Å². The van der Waals surface area contributed by atoms with E-state index in [2.05, 4.69) is 10.3 Å². The molecular weight excluding hydrogens is 421 g/mol. The number of pyridine rings is 1. The number of ether oxygens (including phenoxy) is 1. The van der Waals surface area contributed by atoms with Crippen LogP contribution in [0.2, 0.25) is 5.02 Å². The van der Waals surface area contributed by atoms with Gasteiger partial charge in [-0.05, 0) is 61.9 Å². The van der Waals surface area contributed by atoms with E-state index in [1.807, 2.05) is 0 Å². The Bertz CT molecular complexity index is 948. The Labute approximate surface area is 185 Å². The fraction of sp³-hybridized carbons (Fsp3) is 0.435. The molecule has 1 N–H and O–H groups in total. The van der Waals surface area contributed by atoms with Crippen molar-refractivity contribution in [2.75, 3.05) is 26.2 Å². The monoisotopic (exact) mass is 445 g/mol. The molecule has 0 aliphatic carbocycles. The number of amides is 2. The molecule has 1 aromatic heterocycles. The summed E-state index contributed by atoms with van der Waals surface area (Å²) in [6.45, 7) is 2.19. The first-order chi connectivity index (χ1) is 15.0.